The predicted molar refractivity (Wildman–Crippen MR) is 131 cm³/mol. The molecule has 0 aliphatic heterocycles. The molecule has 0 bridgehead atoms. The lowest BCUT2D eigenvalue weighted by Gasteiger charge is -2.25. The summed E-state index contributed by atoms with van der Waals surface area (Å²) in [5, 5.41) is 36.0. The number of carboxylic acid groups (broad SMARTS) is 1. The Hall–Kier alpha value is -3.96. The molecule has 0 radical (unpaired) electrons. The molecule has 11 nitrogen and oxygen atoms in total. The minimum absolute atomic E-state index is 0.0202. The number of nitrogens with one attached hydrogen (secondary N) is 3. The minimum atomic E-state index is -1.39. The molecule has 0 aliphatic carbocycles. The van der Waals surface area contributed by atoms with Crippen LogP contribution in [0.2, 0.25) is 0 Å². The lowest BCUT2D eigenvalue weighted by atomic mass is 10.0. The van der Waals surface area contributed by atoms with Crippen molar-refractivity contribution < 1.29 is 34.5 Å². The van der Waals surface area contributed by atoms with Crippen LogP contribution in [-0.4, -0.2) is 69.3 Å². The minimum Gasteiger partial charge on any atom is -0.508 e. The first-order valence-corrected chi connectivity index (χ1v) is 11.4. The van der Waals surface area contributed by atoms with Crippen molar-refractivity contribution in [3.8, 4) is 5.75 Å². The zero-order chi connectivity index (χ0) is 26.8. The lowest BCUT2D eigenvalue weighted by molar-refractivity contribution is -0.142. The van der Waals surface area contributed by atoms with Gasteiger partial charge in [-0.25, -0.2) is 4.79 Å². The van der Waals surface area contributed by atoms with E-state index in [9.17, 15) is 34.5 Å². The number of nitrogens with two attached hydrogens (primary N) is 1. The lowest BCUT2D eigenvalue weighted by Crippen LogP contribution is -2.59. The number of phenols is 1. The van der Waals surface area contributed by atoms with E-state index in [0.717, 1.165) is 5.56 Å². The van der Waals surface area contributed by atoms with Crippen molar-refractivity contribution in [1.29, 1.82) is 0 Å². The van der Waals surface area contributed by atoms with Gasteiger partial charge in [0, 0.05) is 6.42 Å². The molecule has 0 heterocycles. The molecule has 0 fully saturated rings. The van der Waals surface area contributed by atoms with Gasteiger partial charge in [-0.1, -0.05) is 42.5 Å². The highest BCUT2D eigenvalue weighted by Crippen LogP contribution is 2.11. The van der Waals surface area contributed by atoms with Crippen molar-refractivity contribution in [2.75, 3.05) is 0 Å². The van der Waals surface area contributed by atoms with Crippen molar-refractivity contribution in [2.45, 2.75) is 57.0 Å². The molecule has 0 aromatic heterocycles. The van der Waals surface area contributed by atoms with Crippen LogP contribution in [0.3, 0.4) is 0 Å². The third-order valence-corrected chi connectivity index (χ3v) is 5.44. The second kappa shape index (κ2) is 13.2. The van der Waals surface area contributed by atoms with Crippen molar-refractivity contribution in [2.24, 2.45) is 5.73 Å². The summed E-state index contributed by atoms with van der Waals surface area (Å²) in [7, 11) is 0. The van der Waals surface area contributed by atoms with E-state index in [1.807, 2.05) is 6.07 Å². The number of amides is 3. The number of carboxylic acids is 1. The maximum Gasteiger partial charge on any atom is 0.326 e. The molecule has 0 aliphatic rings. The summed E-state index contributed by atoms with van der Waals surface area (Å²) in [5.41, 5.74) is 7.34. The SMILES string of the molecule is CC(NC(=O)C(NC(=O)C(N)Cc1ccccc1)C(C)O)C(=O)NC(Cc1ccc(O)cc1)C(=O)O. The molecular weight excluding hydrogens is 468 g/mol. The van der Waals surface area contributed by atoms with E-state index in [2.05, 4.69) is 16.0 Å². The first kappa shape index (κ1) is 28.3. The van der Waals surface area contributed by atoms with Gasteiger partial charge in [0.25, 0.3) is 0 Å². The topological polar surface area (TPSA) is 191 Å². The average Bonchev–Trinajstić information content (AvgIpc) is 2.83. The fraction of sp³-hybridized carbons (Fsp3) is 0.360. The second-order valence-electron chi connectivity index (χ2n) is 8.52. The fourth-order valence-corrected chi connectivity index (χ4v) is 3.36. The molecule has 2 aromatic rings. The zero-order valence-electron chi connectivity index (χ0n) is 20.0. The number of aliphatic hydroxyl groups excluding tert-OH is 1. The van der Waals surface area contributed by atoms with Gasteiger partial charge in [-0.3, -0.25) is 14.4 Å². The van der Waals surface area contributed by atoms with E-state index >= 15 is 0 Å². The Morgan fingerprint density at radius 2 is 1.39 bits per heavy atom. The Bertz CT molecular complexity index is 1040. The van der Waals surface area contributed by atoms with Gasteiger partial charge in [0.2, 0.25) is 17.7 Å². The van der Waals surface area contributed by atoms with E-state index in [1.165, 1.54) is 38.1 Å². The number of hydrogen-bond acceptors (Lipinski definition) is 7. The van der Waals surface area contributed by atoms with Crippen LogP contribution >= 0.6 is 0 Å². The molecule has 2 aromatic carbocycles. The Balaban J connectivity index is 1.96. The molecule has 0 saturated carbocycles. The smallest absolute Gasteiger partial charge is 0.326 e. The average molecular weight is 501 g/mol. The molecule has 3 amide bonds. The van der Waals surface area contributed by atoms with Crippen molar-refractivity contribution in [3.05, 3.63) is 65.7 Å². The summed E-state index contributed by atoms with van der Waals surface area (Å²) in [6.07, 6.45) is -1.13. The van der Waals surface area contributed by atoms with Crippen LogP contribution in [0.1, 0.15) is 25.0 Å². The highest BCUT2D eigenvalue weighted by Gasteiger charge is 2.31. The van der Waals surface area contributed by atoms with Crippen LogP contribution < -0.4 is 21.7 Å². The summed E-state index contributed by atoms with van der Waals surface area (Å²) in [6, 6.07) is 10.1. The van der Waals surface area contributed by atoms with Gasteiger partial charge in [0.15, 0.2) is 0 Å². The van der Waals surface area contributed by atoms with Crippen molar-refractivity contribution in [1.82, 2.24) is 16.0 Å². The van der Waals surface area contributed by atoms with Crippen LogP contribution in [-0.2, 0) is 32.0 Å². The quantitative estimate of drug-likeness (QED) is 0.202. The molecule has 2 rings (SSSR count). The van der Waals surface area contributed by atoms with Crippen molar-refractivity contribution >= 4 is 23.7 Å². The summed E-state index contributed by atoms with van der Waals surface area (Å²) in [5.74, 6) is -3.52. The third kappa shape index (κ3) is 8.67. The summed E-state index contributed by atoms with van der Waals surface area (Å²) in [6.45, 7) is 2.64. The standard InChI is InChI=1S/C25H32N4O7/c1-14(22(32)28-20(25(35)36)13-17-8-10-18(31)11-9-17)27-24(34)21(15(2)30)29-23(33)19(26)12-16-6-4-3-5-7-16/h3-11,14-15,19-21,30-31H,12-13,26H2,1-2H3,(H,27,34)(H,28,32)(H,29,33)(H,35,36). The van der Waals surface area contributed by atoms with Crippen LogP contribution in [0.4, 0.5) is 0 Å². The van der Waals surface area contributed by atoms with E-state index in [-0.39, 0.29) is 18.6 Å². The maximum atomic E-state index is 12.7. The van der Waals surface area contributed by atoms with E-state index in [0.29, 0.717) is 5.56 Å². The molecule has 0 saturated heterocycles. The first-order chi connectivity index (χ1) is 17.0. The first-order valence-electron chi connectivity index (χ1n) is 11.4. The van der Waals surface area contributed by atoms with E-state index in [4.69, 9.17) is 5.73 Å². The van der Waals surface area contributed by atoms with Crippen LogP contribution in [0.5, 0.6) is 5.75 Å². The summed E-state index contributed by atoms with van der Waals surface area (Å²) < 4.78 is 0. The number of phenolic OH excluding ortho intramolecular Hbond substituents is 1. The van der Waals surface area contributed by atoms with Gasteiger partial charge in [0.1, 0.15) is 23.9 Å². The maximum absolute atomic E-state index is 12.7. The van der Waals surface area contributed by atoms with Crippen LogP contribution in [0.25, 0.3) is 0 Å². The Morgan fingerprint density at radius 3 is 1.94 bits per heavy atom. The molecule has 0 spiro atoms. The molecular formula is C25H32N4O7. The van der Waals surface area contributed by atoms with Gasteiger partial charge in [-0.05, 0) is 43.5 Å². The molecule has 36 heavy (non-hydrogen) atoms. The Morgan fingerprint density at radius 1 is 0.806 bits per heavy atom. The Labute approximate surface area is 208 Å². The van der Waals surface area contributed by atoms with E-state index in [1.54, 1.807) is 24.3 Å². The van der Waals surface area contributed by atoms with Gasteiger partial charge in [0.05, 0.1) is 12.1 Å². The van der Waals surface area contributed by atoms with E-state index < -0.39 is 54.0 Å². The molecule has 5 unspecified atom stereocenters. The van der Waals surface area contributed by atoms with Gasteiger partial charge >= 0.3 is 5.97 Å². The van der Waals surface area contributed by atoms with Crippen molar-refractivity contribution in [3.63, 3.8) is 0 Å². The number of benzene rings is 2. The zero-order valence-corrected chi connectivity index (χ0v) is 20.0. The number of aliphatic hydroxyl groups is 1. The number of rotatable bonds is 12. The molecule has 8 N–H and O–H groups in total. The van der Waals surface area contributed by atoms with Gasteiger partial charge in [-0.15, -0.1) is 0 Å². The number of hydrogen-bond donors (Lipinski definition) is 7. The second-order valence-corrected chi connectivity index (χ2v) is 8.52. The summed E-state index contributed by atoms with van der Waals surface area (Å²) >= 11 is 0. The number of carbonyl (C=O) groups is 4. The number of aliphatic carboxylic acids is 1. The highest BCUT2D eigenvalue weighted by molar-refractivity contribution is 5.94. The van der Waals surface area contributed by atoms with Crippen LogP contribution in [0.15, 0.2) is 54.6 Å². The fourth-order valence-electron chi connectivity index (χ4n) is 3.36. The third-order valence-electron chi connectivity index (χ3n) is 5.44. The monoisotopic (exact) mass is 500 g/mol. The van der Waals surface area contributed by atoms with Gasteiger partial charge in [-0.2, -0.15) is 0 Å². The van der Waals surface area contributed by atoms with Crippen LogP contribution in [0, 0.1) is 0 Å². The Kier molecular flexibility index (Phi) is 10.4. The highest BCUT2D eigenvalue weighted by atomic mass is 16.4. The molecule has 11 heteroatoms. The number of aromatic hydroxyl groups is 1. The predicted octanol–water partition coefficient (Wildman–Crippen LogP) is -0.556. The van der Waals surface area contributed by atoms with Gasteiger partial charge < -0.3 is 37.0 Å². The molecule has 194 valence electrons. The molecule has 5 atom stereocenters. The number of carbonyl (C=O) groups excluding carboxylic acids is 3. The largest absolute Gasteiger partial charge is 0.508 e. The summed E-state index contributed by atoms with van der Waals surface area (Å²) in [4.78, 5) is 49.4. The normalized spacial score (nSPS) is 15.0.